The summed E-state index contributed by atoms with van der Waals surface area (Å²) in [5.41, 5.74) is 2.96. The third kappa shape index (κ3) is 4.03. The van der Waals surface area contributed by atoms with Crippen LogP contribution in [0.3, 0.4) is 0 Å². The normalized spacial score (nSPS) is 20.1. The Kier molecular flexibility index (Phi) is 5.48. The predicted molar refractivity (Wildman–Crippen MR) is 108 cm³/mol. The molecule has 2 fully saturated rings. The largest absolute Gasteiger partial charge is 0.339 e. The second-order valence-electron chi connectivity index (χ2n) is 7.15. The molecule has 4 rings (SSSR count). The Balaban J connectivity index is 1.48. The van der Waals surface area contributed by atoms with E-state index >= 15 is 0 Å². The van der Waals surface area contributed by atoms with Crippen molar-refractivity contribution in [2.75, 3.05) is 18.8 Å². The van der Waals surface area contributed by atoms with Gasteiger partial charge in [-0.2, -0.15) is 0 Å². The molecule has 2 amide bonds. The minimum Gasteiger partial charge on any atom is -0.339 e. The van der Waals surface area contributed by atoms with E-state index in [0.717, 1.165) is 42.6 Å². The quantitative estimate of drug-likeness (QED) is 0.802. The summed E-state index contributed by atoms with van der Waals surface area (Å²) >= 11 is 1.65. The van der Waals surface area contributed by atoms with Crippen LogP contribution in [0.1, 0.15) is 46.1 Å². The third-order valence-corrected chi connectivity index (χ3v) is 6.51. The average molecular weight is 381 g/mol. The molecule has 0 aromatic heterocycles. The number of amides is 2. The predicted octanol–water partition coefficient (Wildman–Crippen LogP) is 4.09. The van der Waals surface area contributed by atoms with Crippen LogP contribution in [-0.2, 0) is 11.3 Å². The van der Waals surface area contributed by atoms with Crippen molar-refractivity contribution < 1.29 is 9.59 Å². The fourth-order valence-corrected chi connectivity index (χ4v) is 4.94. The van der Waals surface area contributed by atoms with Crippen LogP contribution >= 0.6 is 11.8 Å². The maximum atomic E-state index is 12.6. The standard InChI is InChI=1S/C22H24N2O2S/c25-20-16-27-22(24(20)15-17-7-3-1-4-8-17)19-11-9-18(10-12-19)21(26)23-13-5-2-6-14-23/h1,3-4,7-12,22H,2,5-6,13-16H2/t22-/m0/s1. The van der Waals surface area contributed by atoms with Crippen molar-refractivity contribution in [1.29, 1.82) is 0 Å². The third-order valence-electron chi connectivity index (χ3n) is 5.25. The number of nitrogens with zero attached hydrogens (tertiary/aromatic N) is 2. The molecule has 2 aliphatic heterocycles. The molecule has 5 heteroatoms. The molecule has 0 aliphatic carbocycles. The molecule has 0 saturated carbocycles. The number of hydrogen-bond donors (Lipinski definition) is 0. The molecular weight excluding hydrogens is 356 g/mol. The van der Waals surface area contributed by atoms with Crippen molar-refractivity contribution in [3.8, 4) is 0 Å². The zero-order chi connectivity index (χ0) is 18.6. The highest BCUT2D eigenvalue weighted by Crippen LogP contribution is 2.39. The number of rotatable bonds is 4. The Hall–Kier alpha value is -2.27. The second kappa shape index (κ2) is 8.17. The van der Waals surface area contributed by atoms with Gasteiger partial charge in [-0.3, -0.25) is 9.59 Å². The lowest BCUT2D eigenvalue weighted by atomic mass is 10.1. The summed E-state index contributed by atoms with van der Waals surface area (Å²) in [5, 5.41) is 0.0110. The maximum Gasteiger partial charge on any atom is 0.253 e. The van der Waals surface area contributed by atoms with Crippen LogP contribution < -0.4 is 0 Å². The van der Waals surface area contributed by atoms with Gasteiger partial charge in [-0.25, -0.2) is 0 Å². The number of likely N-dealkylation sites (tertiary alicyclic amines) is 1. The summed E-state index contributed by atoms with van der Waals surface area (Å²) < 4.78 is 0. The summed E-state index contributed by atoms with van der Waals surface area (Å²) in [6, 6.07) is 17.9. The van der Waals surface area contributed by atoms with Crippen LogP contribution in [-0.4, -0.2) is 40.5 Å². The van der Waals surface area contributed by atoms with Gasteiger partial charge < -0.3 is 9.80 Å². The number of thioether (sulfide) groups is 1. The number of piperidine rings is 1. The molecule has 0 radical (unpaired) electrons. The monoisotopic (exact) mass is 380 g/mol. The van der Waals surface area contributed by atoms with Crippen molar-refractivity contribution in [2.24, 2.45) is 0 Å². The van der Waals surface area contributed by atoms with Gasteiger partial charge in [0.1, 0.15) is 5.37 Å². The van der Waals surface area contributed by atoms with Crippen LogP contribution in [0, 0.1) is 0 Å². The first-order chi connectivity index (χ1) is 13.2. The van der Waals surface area contributed by atoms with E-state index in [1.54, 1.807) is 11.8 Å². The highest BCUT2D eigenvalue weighted by Gasteiger charge is 2.32. The fraction of sp³-hybridized carbons (Fsp3) is 0.364. The minimum atomic E-state index is 0.0110. The van der Waals surface area contributed by atoms with Crippen molar-refractivity contribution in [3.63, 3.8) is 0 Å². The lowest BCUT2D eigenvalue weighted by Crippen LogP contribution is -2.35. The highest BCUT2D eigenvalue weighted by molar-refractivity contribution is 8.00. The molecule has 2 aromatic carbocycles. The summed E-state index contributed by atoms with van der Waals surface area (Å²) in [7, 11) is 0. The van der Waals surface area contributed by atoms with Gasteiger partial charge in [0.25, 0.3) is 5.91 Å². The van der Waals surface area contributed by atoms with E-state index in [1.165, 1.54) is 6.42 Å². The molecule has 140 valence electrons. The molecule has 0 unspecified atom stereocenters. The van der Waals surface area contributed by atoms with Crippen molar-refractivity contribution in [2.45, 2.75) is 31.2 Å². The summed E-state index contributed by atoms with van der Waals surface area (Å²) in [5.74, 6) is 0.797. The van der Waals surface area contributed by atoms with Gasteiger partial charge in [0.05, 0.1) is 5.75 Å². The van der Waals surface area contributed by atoms with Crippen LogP contribution in [0.15, 0.2) is 54.6 Å². The zero-order valence-corrected chi connectivity index (χ0v) is 16.2. The molecule has 2 heterocycles. The molecule has 0 N–H and O–H groups in total. The Labute approximate surface area is 164 Å². The van der Waals surface area contributed by atoms with Crippen LogP contribution in [0.4, 0.5) is 0 Å². The first-order valence-corrected chi connectivity index (χ1v) is 10.6. The van der Waals surface area contributed by atoms with Gasteiger partial charge in [0.15, 0.2) is 0 Å². The van der Waals surface area contributed by atoms with E-state index in [2.05, 4.69) is 0 Å². The summed E-state index contributed by atoms with van der Waals surface area (Å²) in [6.07, 6.45) is 3.41. The Bertz CT molecular complexity index is 801. The van der Waals surface area contributed by atoms with Crippen LogP contribution in [0.2, 0.25) is 0 Å². The molecule has 27 heavy (non-hydrogen) atoms. The van der Waals surface area contributed by atoms with Gasteiger partial charge in [0, 0.05) is 25.2 Å². The first kappa shape index (κ1) is 18.1. The number of benzene rings is 2. The smallest absolute Gasteiger partial charge is 0.253 e. The maximum absolute atomic E-state index is 12.6. The van der Waals surface area contributed by atoms with E-state index in [9.17, 15) is 9.59 Å². The van der Waals surface area contributed by atoms with E-state index in [4.69, 9.17) is 0 Å². The minimum absolute atomic E-state index is 0.0110. The molecule has 2 aliphatic rings. The van der Waals surface area contributed by atoms with Gasteiger partial charge in [-0.15, -0.1) is 11.8 Å². The fourth-order valence-electron chi connectivity index (χ4n) is 3.75. The van der Waals surface area contributed by atoms with Crippen molar-refractivity contribution in [1.82, 2.24) is 9.80 Å². The van der Waals surface area contributed by atoms with Crippen molar-refractivity contribution in [3.05, 3.63) is 71.3 Å². The van der Waals surface area contributed by atoms with Crippen molar-refractivity contribution >= 4 is 23.6 Å². The molecule has 4 nitrogen and oxygen atoms in total. The van der Waals surface area contributed by atoms with E-state index in [0.29, 0.717) is 12.3 Å². The molecule has 2 aromatic rings. The van der Waals surface area contributed by atoms with E-state index in [-0.39, 0.29) is 17.2 Å². The van der Waals surface area contributed by atoms with Gasteiger partial charge >= 0.3 is 0 Å². The van der Waals surface area contributed by atoms with Crippen LogP contribution in [0.5, 0.6) is 0 Å². The topological polar surface area (TPSA) is 40.6 Å². The van der Waals surface area contributed by atoms with Crippen LogP contribution in [0.25, 0.3) is 0 Å². The Morgan fingerprint density at radius 1 is 0.963 bits per heavy atom. The van der Waals surface area contributed by atoms with Gasteiger partial charge in [0.2, 0.25) is 5.91 Å². The van der Waals surface area contributed by atoms with E-state index < -0.39 is 0 Å². The number of carbonyl (C=O) groups is 2. The lowest BCUT2D eigenvalue weighted by Gasteiger charge is -2.27. The average Bonchev–Trinajstić information content (AvgIpc) is 3.09. The van der Waals surface area contributed by atoms with E-state index in [1.807, 2.05) is 64.4 Å². The first-order valence-electron chi connectivity index (χ1n) is 9.56. The second-order valence-corrected chi connectivity index (χ2v) is 8.21. The van der Waals surface area contributed by atoms with Gasteiger partial charge in [-0.1, -0.05) is 42.5 Å². The SMILES string of the molecule is O=C(c1ccc([C@@H]2SCC(=O)N2Cc2ccccc2)cc1)N1CCCCC1. The highest BCUT2D eigenvalue weighted by atomic mass is 32.2. The molecule has 2 saturated heterocycles. The molecule has 0 bridgehead atoms. The van der Waals surface area contributed by atoms with Gasteiger partial charge in [-0.05, 0) is 42.5 Å². The Morgan fingerprint density at radius 2 is 1.67 bits per heavy atom. The lowest BCUT2D eigenvalue weighted by molar-refractivity contribution is -0.128. The Morgan fingerprint density at radius 3 is 2.37 bits per heavy atom. The zero-order valence-electron chi connectivity index (χ0n) is 15.3. The molecule has 1 atom stereocenters. The summed E-state index contributed by atoms with van der Waals surface area (Å²) in [6.45, 7) is 2.34. The molecule has 0 spiro atoms. The number of carbonyl (C=O) groups excluding carboxylic acids is 2. The molecular formula is C22H24N2O2S. The summed E-state index contributed by atoms with van der Waals surface area (Å²) in [4.78, 5) is 28.9. The number of hydrogen-bond acceptors (Lipinski definition) is 3.